The highest BCUT2D eigenvalue weighted by atomic mass is 19.1. The zero-order valence-corrected chi connectivity index (χ0v) is 39.1. The molecule has 0 saturated carbocycles. The molecule has 0 radical (unpaired) electrons. The van der Waals surface area contributed by atoms with E-state index in [9.17, 15) is 0 Å². The second-order valence-electron chi connectivity index (χ2n) is 19.0. The highest BCUT2D eigenvalue weighted by molar-refractivity contribution is 6.26. The fourth-order valence-corrected chi connectivity index (χ4v) is 10.6. The second kappa shape index (κ2) is 17.9. The monoisotopic (exact) mass is 881 g/mol. The van der Waals surface area contributed by atoms with E-state index in [1.54, 1.807) is 24.3 Å². The van der Waals surface area contributed by atoms with Crippen molar-refractivity contribution in [1.29, 1.82) is 0 Å². The van der Waals surface area contributed by atoms with E-state index in [-0.39, 0.29) is 23.5 Å². The third-order valence-corrected chi connectivity index (χ3v) is 13.8. The van der Waals surface area contributed by atoms with Gasteiger partial charge in [0, 0.05) is 49.8 Å². The fraction of sp³-hybridized carbons (Fsp3) is 0.194. The van der Waals surface area contributed by atoms with Crippen LogP contribution in [0.2, 0.25) is 0 Å². The Labute approximate surface area is 393 Å². The Hall–Kier alpha value is -7.24. The summed E-state index contributed by atoms with van der Waals surface area (Å²) in [5.41, 5.74) is 13.7. The Bertz CT molecular complexity index is 3400. The zero-order valence-electron chi connectivity index (χ0n) is 39.1. The van der Waals surface area contributed by atoms with Crippen molar-refractivity contribution in [2.45, 2.75) is 59.8 Å². The molecule has 5 heteroatoms. The number of para-hydroxylation sites is 3. The van der Waals surface area contributed by atoms with Crippen molar-refractivity contribution < 1.29 is 8.78 Å². The van der Waals surface area contributed by atoms with E-state index in [0.717, 1.165) is 119 Å². The Morgan fingerprint density at radius 2 is 1.30 bits per heavy atom. The maximum atomic E-state index is 15.1. The smallest absolute Gasteiger partial charge is 0.123 e. The van der Waals surface area contributed by atoms with Crippen LogP contribution in [-0.4, -0.2) is 9.13 Å². The summed E-state index contributed by atoms with van der Waals surface area (Å²) in [5.74, 6) is 0.646. The van der Waals surface area contributed by atoms with Crippen molar-refractivity contribution in [3.05, 3.63) is 212 Å². The summed E-state index contributed by atoms with van der Waals surface area (Å²) in [4.78, 5) is 2.26. The Morgan fingerprint density at radius 3 is 1.93 bits per heavy atom. The van der Waals surface area contributed by atoms with Gasteiger partial charge in [-0.2, -0.15) is 0 Å². The van der Waals surface area contributed by atoms with E-state index in [4.69, 9.17) is 13.2 Å². The van der Waals surface area contributed by atoms with Gasteiger partial charge in [0.15, 0.2) is 0 Å². The predicted octanol–water partition coefficient (Wildman–Crippen LogP) is 17.7. The summed E-state index contributed by atoms with van der Waals surface area (Å²) in [6.45, 7) is 20.8. The molecule has 2 heterocycles. The van der Waals surface area contributed by atoms with Crippen LogP contribution in [0, 0.1) is 29.4 Å². The second-order valence-corrected chi connectivity index (χ2v) is 19.0. The van der Waals surface area contributed by atoms with Gasteiger partial charge in [0.1, 0.15) is 11.6 Å². The Morgan fingerprint density at radius 1 is 0.687 bits per heavy atom. The van der Waals surface area contributed by atoms with Gasteiger partial charge in [-0.05, 0) is 126 Å². The topological polar surface area (TPSA) is 13.1 Å². The summed E-state index contributed by atoms with van der Waals surface area (Å²) in [6.07, 6.45) is 11.7. The van der Waals surface area contributed by atoms with E-state index in [2.05, 4.69) is 170 Å². The molecule has 1 unspecified atom stereocenters. The molecule has 1 aliphatic rings. The van der Waals surface area contributed by atoms with E-state index in [1.165, 1.54) is 0 Å². The molecule has 0 N–H and O–H groups in total. The lowest BCUT2D eigenvalue weighted by atomic mass is 9.82. The molecule has 1 aliphatic carbocycles. The average molecular weight is 882 g/mol. The van der Waals surface area contributed by atoms with Crippen LogP contribution in [-0.2, 0) is 0 Å². The normalized spacial score (nSPS) is 15.1. The number of halogens is 2. The van der Waals surface area contributed by atoms with Gasteiger partial charge < -0.3 is 14.0 Å². The number of hydrogen-bond acceptors (Lipinski definition) is 1. The van der Waals surface area contributed by atoms with Crippen LogP contribution >= 0.6 is 0 Å². The maximum Gasteiger partial charge on any atom is 0.123 e. The molecule has 0 amide bonds. The zero-order chi connectivity index (χ0) is 46.5. The van der Waals surface area contributed by atoms with Crippen LogP contribution in [0.4, 0.5) is 14.5 Å². The van der Waals surface area contributed by atoms with Gasteiger partial charge in [-0.25, -0.2) is 8.78 Å². The maximum absolute atomic E-state index is 15.1. The van der Waals surface area contributed by atoms with Gasteiger partial charge in [-0.1, -0.05) is 151 Å². The van der Waals surface area contributed by atoms with Crippen molar-refractivity contribution in [3.8, 4) is 33.6 Å². The minimum absolute atomic E-state index is 0.0492. The lowest BCUT2D eigenvalue weighted by Crippen LogP contribution is -2.23. The van der Waals surface area contributed by atoms with E-state index >= 15 is 8.78 Å². The molecular weight excluding hydrogens is 825 g/mol. The number of aromatic nitrogens is 2. The average Bonchev–Trinajstić information content (AvgIpc) is 4.01. The molecule has 67 heavy (non-hydrogen) atoms. The molecule has 7 aromatic carbocycles. The number of anilines is 1. The third-order valence-electron chi connectivity index (χ3n) is 13.8. The largest absolute Gasteiger partial charge is 0.315 e. The van der Waals surface area contributed by atoms with Gasteiger partial charge in [-0.15, -0.1) is 0 Å². The molecule has 2 aromatic heterocycles. The number of rotatable bonds is 13. The van der Waals surface area contributed by atoms with Crippen LogP contribution in [0.5, 0.6) is 0 Å². The first-order valence-corrected chi connectivity index (χ1v) is 23.8. The molecule has 9 aromatic rings. The minimum atomic E-state index is -0.305. The number of allylic oxidation sites excluding steroid dienone is 5. The van der Waals surface area contributed by atoms with Crippen molar-refractivity contribution in [3.63, 3.8) is 0 Å². The van der Waals surface area contributed by atoms with Gasteiger partial charge in [0.05, 0.1) is 33.4 Å². The van der Waals surface area contributed by atoms with Gasteiger partial charge in [0.25, 0.3) is 0 Å². The molecule has 0 fully saturated rings. The molecule has 0 bridgehead atoms. The molecule has 0 spiro atoms. The highest BCUT2D eigenvalue weighted by Gasteiger charge is 2.31. The summed E-state index contributed by atoms with van der Waals surface area (Å²) >= 11 is 0. The molecule has 10 rings (SSSR count). The molecular formula is C62H57F2N3. The predicted molar refractivity (Wildman–Crippen MR) is 280 cm³/mol. The van der Waals surface area contributed by atoms with Gasteiger partial charge in [-0.3, -0.25) is 0 Å². The Balaban J connectivity index is 1.39. The first-order valence-electron chi connectivity index (χ1n) is 23.8. The summed E-state index contributed by atoms with van der Waals surface area (Å²) in [7, 11) is 0. The van der Waals surface area contributed by atoms with Crippen molar-refractivity contribution in [2.24, 2.45) is 17.8 Å². The van der Waals surface area contributed by atoms with Crippen LogP contribution in [0.3, 0.4) is 0 Å². The number of benzene rings is 7. The standard InChI is InChI=1S/C62H57F2N3/c1-39(2)24-25-42(6)65(43(7)26-27-44-17-15-16-41(44)5)56-38-57(60(46-30-34-48(64)35-31-46)58(40(3)4)59(56)45-28-32-47(63)33-29-45)67-53-22-13-11-20-50(53)51-36-37-55-61(62(51)67)52-21-12-14-23-54(52)66(55)49-18-9-8-10-19-49/h8-16,18-25,28-41,44H,6-7,17,26-27H2,1-5H3/b25-24-/t41-,44?/m0/s1. The number of fused-ring (bicyclic) bond motifs is 7. The Kier molecular flexibility index (Phi) is 11.6. The number of nitrogens with zero attached hydrogens (tertiary/aromatic N) is 3. The first kappa shape index (κ1) is 43.6. The highest BCUT2D eigenvalue weighted by Crippen LogP contribution is 2.51. The van der Waals surface area contributed by atoms with Crippen LogP contribution in [0.15, 0.2) is 194 Å². The molecule has 0 aliphatic heterocycles. The molecule has 2 atom stereocenters. The SMILES string of the molecule is C=C(/C=C\C(C)C)N(C(=C)CCC1CC=C[C@@H]1C)c1cc(-n2c3ccccc3c3ccc4c(c5ccccc5n4-c4ccccc4)c32)c(-c2ccc(F)cc2)c(C(C)C)c1-c1ccc(F)cc1. The first-order chi connectivity index (χ1) is 32.5. The third kappa shape index (κ3) is 7.80. The van der Waals surface area contributed by atoms with Crippen LogP contribution in [0.1, 0.15) is 65.4 Å². The minimum Gasteiger partial charge on any atom is -0.315 e. The van der Waals surface area contributed by atoms with E-state index in [0.29, 0.717) is 11.8 Å². The number of hydrogen-bond donors (Lipinski definition) is 0. The quantitative estimate of drug-likeness (QED) is 0.0831. The van der Waals surface area contributed by atoms with Crippen molar-refractivity contribution >= 4 is 49.3 Å². The van der Waals surface area contributed by atoms with E-state index in [1.807, 2.05) is 24.3 Å². The lowest BCUT2D eigenvalue weighted by molar-refractivity contribution is 0.419. The summed E-state index contributed by atoms with van der Waals surface area (Å²) in [5, 5.41) is 4.54. The lowest BCUT2D eigenvalue weighted by Gasteiger charge is -2.34. The molecule has 0 saturated heterocycles. The van der Waals surface area contributed by atoms with Crippen LogP contribution in [0.25, 0.3) is 77.2 Å². The molecule has 3 nitrogen and oxygen atoms in total. The molecule has 334 valence electrons. The van der Waals surface area contributed by atoms with Gasteiger partial charge >= 0.3 is 0 Å². The van der Waals surface area contributed by atoms with Crippen molar-refractivity contribution in [2.75, 3.05) is 4.90 Å². The van der Waals surface area contributed by atoms with Gasteiger partial charge in [0.2, 0.25) is 0 Å². The van der Waals surface area contributed by atoms with Crippen LogP contribution < -0.4 is 4.90 Å². The summed E-state index contributed by atoms with van der Waals surface area (Å²) in [6, 6.07) is 48.5. The fourth-order valence-electron chi connectivity index (χ4n) is 10.6. The summed E-state index contributed by atoms with van der Waals surface area (Å²) < 4.78 is 34.9. The van der Waals surface area contributed by atoms with Crippen molar-refractivity contribution in [1.82, 2.24) is 9.13 Å². The van der Waals surface area contributed by atoms with E-state index < -0.39 is 0 Å².